The van der Waals surface area contributed by atoms with Crippen LogP contribution in [0, 0.1) is 13.8 Å². The average Bonchev–Trinajstić information content (AvgIpc) is 3.39. The van der Waals surface area contributed by atoms with Crippen molar-refractivity contribution in [2.45, 2.75) is 32.1 Å². The van der Waals surface area contributed by atoms with Gasteiger partial charge in [-0.25, -0.2) is 4.98 Å². The minimum Gasteiger partial charge on any atom is -0.480 e. The number of pyridine rings is 1. The molecule has 3 N–H and O–H groups in total. The Morgan fingerprint density at radius 1 is 1.06 bits per heavy atom. The van der Waals surface area contributed by atoms with Crippen LogP contribution in [0.2, 0.25) is 0 Å². The molecule has 0 spiro atoms. The maximum absolute atomic E-state index is 6.09. The van der Waals surface area contributed by atoms with Crippen LogP contribution < -0.4 is 10.5 Å². The Labute approximate surface area is 194 Å². The number of aryl methyl sites for hydroxylation is 2. The second-order valence-corrected chi connectivity index (χ2v) is 9.52. The molecule has 0 radical (unpaired) electrons. The number of nitrogens with two attached hydrogens (primary N) is 1. The molecule has 1 aliphatic rings. The number of hydrogen-bond donors (Lipinski definition) is 2. The first kappa shape index (κ1) is 21.4. The van der Waals surface area contributed by atoms with E-state index in [1.54, 1.807) is 13.3 Å². The summed E-state index contributed by atoms with van der Waals surface area (Å²) < 4.78 is 5.19. The lowest BCUT2D eigenvalue weighted by Gasteiger charge is -2.25. The highest BCUT2D eigenvalue weighted by Gasteiger charge is 2.46. The van der Waals surface area contributed by atoms with Crippen LogP contribution in [-0.4, -0.2) is 52.8 Å². The van der Waals surface area contributed by atoms with Crippen molar-refractivity contribution in [2.24, 2.45) is 0 Å². The summed E-state index contributed by atoms with van der Waals surface area (Å²) >= 11 is 0. The first-order valence-corrected chi connectivity index (χ1v) is 11.2. The van der Waals surface area contributed by atoms with Gasteiger partial charge in [-0.2, -0.15) is 0 Å². The molecule has 3 heterocycles. The van der Waals surface area contributed by atoms with Gasteiger partial charge in [0.1, 0.15) is 0 Å². The monoisotopic (exact) mass is 442 g/mol. The first-order valence-electron chi connectivity index (χ1n) is 11.2. The average molecular weight is 443 g/mol. The molecule has 0 amide bonds. The zero-order valence-electron chi connectivity index (χ0n) is 19.9. The van der Waals surface area contributed by atoms with Crippen LogP contribution in [0.1, 0.15) is 29.5 Å². The molecule has 1 fully saturated rings. The van der Waals surface area contributed by atoms with Gasteiger partial charge >= 0.3 is 0 Å². The van der Waals surface area contributed by atoms with Crippen molar-refractivity contribution in [2.75, 3.05) is 33.5 Å². The number of rotatable bonds is 6. The highest BCUT2D eigenvalue weighted by Crippen LogP contribution is 2.51. The fraction of sp³-hybridized carbons (Fsp3) is 0.346. The van der Waals surface area contributed by atoms with Crippen molar-refractivity contribution in [3.63, 3.8) is 0 Å². The number of hydrogen-bond acceptors (Lipinski definition) is 6. The second kappa shape index (κ2) is 7.85. The van der Waals surface area contributed by atoms with Gasteiger partial charge in [-0.15, -0.1) is 10.2 Å². The van der Waals surface area contributed by atoms with E-state index in [0.29, 0.717) is 17.0 Å². The van der Waals surface area contributed by atoms with Gasteiger partial charge in [0, 0.05) is 46.4 Å². The van der Waals surface area contributed by atoms with E-state index in [0.717, 1.165) is 40.0 Å². The van der Waals surface area contributed by atoms with Crippen molar-refractivity contribution >= 4 is 16.7 Å². The van der Waals surface area contributed by atoms with Gasteiger partial charge < -0.3 is 20.4 Å². The number of nitrogen functional groups attached to an aromatic ring is 1. The second-order valence-electron chi connectivity index (χ2n) is 9.52. The molecule has 1 aliphatic carbocycles. The van der Waals surface area contributed by atoms with Crippen LogP contribution in [0.25, 0.3) is 33.4 Å². The lowest BCUT2D eigenvalue weighted by atomic mass is 9.86. The number of aromatic amines is 1. The molecule has 170 valence electrons. The highest BCUT2D eigenvalue weighted by atomic mass is 16.5. The summed E-state index contributed by atoms with van der Waals surface area (Å²) in [5.41, 5.74) is 15.6. The Morgan fingerprint density at radius 3 is 2.39 bits per heavy atom. The van der Waals surface area contributed by atoms with Crippen LogP contribution in [-0.2, 0) is 5.41 Å². The fourth-order valence-corrected chi connectivity index (χ4v) is 5.28. The van der Waals surface area contributed by atoms with Crippen LogP contribution in [0.15, 0.2) is 36.7 Å². The number of H-pyrrole nitrogens is 1. The number of aromatic nitrogens is 4. The number of methoxy groups -OCH3 is 1. The van der Waals surface area contributed by atoms with Gasteiger partial charge in [0.2, 0.25) is 5.88 Å². The molecule has 0 bridgehead atoms. The topological polar surface area (TPSA) is 92.9 Å². The van der Waals surface area contributed by atoms with E-state index < -0.39 is 0 Å². The third kappa shape index (κ3) is 3.72. The molecule has 7 heteroatoms. The minimum atomic E-state index is 0.293. The van der Waals surface area contributed by atoms with E-state index in [4.69, 9.17) is 10.5 Å². The Kier molecular flexibility index (Phi) is 5.09. The number of nitrogens with one attached hydrogen (secondary N) is 1. The number of ether oxygens (including phenoxy) is 1. The van der Waals surface area contributed by atoms with E-state index >= 15 is 0 Å². The van der Waals surface area contributed by atoms with Gasteiger partial charge in [-0.05, 0) is 81.7 Å². The number of benzene rings is 1. The molecule has 0 saturated heterocycles. The van der Waals surface area contributed by atoms with E-state index in [9.17, 15) is 0 Å². The molecule has 5 rings (SSSR count). The fourth-order valence-electron chi connectivity index (χ4n) is 5.28. The van der Waals surface area contributed by atoms with Crippen LogP contribution in [0.4, 0.5) is 5.69 Å². The Morgan fingerprint density at radius 2 is 1.79 bits per heavy atom. The standard InChI is InChI=1S/C26H30N6O/c1-15-8-17(9-16(2)23(15)26(6-7-26)14-32(3)4)22-11-19-20(13-28-24(19)31-30-22)18-10-21(27)25(33-5)29-12-18/h8-13H,6-7,14,27H2,1-5H3,(H,28,31). The largest absolute Gasteiger partial charge is 0.480 e. The number of fused-ring (bicyclic) bond motifs is 1. The maximum Gasteiger partial charge on any atom is 0.236 e. The smallest absolute Gasteiger partial charge is 0.236 e. The van der Waals surface area contributed by atoms with Crippen LogP contribution in [0.5, 0.6) is 5.88 Å². The normalized spacial score (nSPS) is 14.7. The molecule has 0 unspecified atom stereocenters. The zero-order chi connectivity index (χ0) is 23.3. The highest BCUT2D eigenvalue weighted by molar-refractivity contribution is 5.95. The summed E-state index contributed by atoms with van der Waals surface area (Å²) in [6, 6.07) is 8.48. The van der Waals surface area contributed by atoms with Crippen molar-refractivity contribution in [3.05, 3.63) is 53.3 Å². The number of nitrogens with zero attached hydrogens (tertiary/aromatic N) is 4. The van der Waals surface area contributed by atoms with Gasteiger partial charge in [0.25, 0.3) is 0 Å². The molecule has 0 atom stereocenters. The Bertz CT molecular complexity index is 1330. The molecular formula is C26H30N6O. The zero-order valence-corrected chi connectivity index (χ0v) is 19.9. The molecule has 0 aliphatic heterocycles. The van der Waals surface area contributed by atoms with Crippen molar-refractivity contribution in [1.29, 1.82) is 0 Å². The lowest BCUT2D eigenvalue weighted by molar-refractivity contribution is 0.361. The molecular weight excluding hydrogens is 412 g/mol. The molecule has 4 aromatic rings. The first-order chi connectivity index (χ1) is 15.8. The van der Waals surface area contributed by atoms with Crippen molar-refractivity contribution in [1.82, 2.24) is 25.1 Å². The van der Waals surface area contributed by atoms with Crippen LogP contribution >= 0.6 is 0 Å². The van der Waals surface area contributed by atoms with E-state index in [1.165, 1.54) is 29.5 Å². The van der Waals surface area contributed by atoms with Gasteiger partial charge in [0.15, 0.2) is 5.65 Å². The Balaban J connectivity index is 1.56. The summed E-state index contributed by atoms with van der Waals surface area (Å²) in [7, 11) is 5.88. The van der Waals surface area contributed by atoms with Crippen LogP contribution in [0.3, 0.4) is 0 Å². The van der Waals surface area contributed by atoms with E-state index in [2.05, 4.69) is 71.2 Å². The predicted octanol–water partition coefficient (Wildman–Crippen LogP) is 4.49. The number of likely N-dealkylation sites (N-methyl/N-ethyl adjacent to an activating group) is 1. The molecule has 7 nitrogen and oxygen atoms in total. The van der Waals surface area contributed by atoms with E-state index in [1.807, 2.05) is 12.3 Å². The summed E-state index contributed by atoms with van der Waals surface area (Å²) in [4.78, 5) is 9.83. The van der Waals surface area contributed by atoms with E-state index in [-0.39, 0.29) is 0 Å². The lowest BCUT2D eigenvalue weighted by Crippen LogP contribution is -2.27. The predicted molar refractivity (Wildman–Crippen MR) is 132 cm³/mol. The van der Waals surface area contributed by atoms with Gasteiger partial charge in [-0.3, -0.25) is 0 Å². The third-order valence-corrected chi connectivity index (χ3v) is 6.65. The van der Waals surface area contributed by atoms with Crippen molar-refractivity contribution < 1.29 is 4.74 Å². The van der Waals surface area contributed by atoms with Gasteiger partial charge in [0.05, 0.1) is 18.5 Å². The number of anilines is 1. The quantitative estimate of drug-likeness (QED) is 0.457. The summed E-state index contributed by atoms with van der Waals surface area (Å²) in [6.45, 7) is 5.54. The maximum atomic E-state index is 6.09. The minimum absolute atomic E-state index is 0.293. The molecule has 3 aromatic heterocycles. The van der Waals surface area contributed by atoms with Crippen molar-refractivity contribution in [3.8, 4) is 28.3 Å². The van der Waals surface area contributed by atoms with Gasteiger partial charge in [-0.1, -0.05) is 0 Å². The third-order valence-electron chi connectivity index (χ3n) is 6.65. The summed E-state index contributed by atoms with van der Waals surface area (Å²) in [5, 5.41) is 9.95. The molecule has 1 saturated carbocycles. The molecule has 33 heavy (non-hydrogen) atoms. The Hall–Kier alpha value is -3.45. The SMILES string of the molecule is COc1ncc(-c2c[nH]c3nnc(-c4cc(C)c(C5(CN(C)C)CC5)c(C)c4)cc23)cc1N. The molecule has 1 aromatic carbocycles. The summed E-state index contributed by atoms with van der Waals surface area (Å²) in [6.07, 6.45) is 6.19. The summed E-state index contributed by atoms with van der Waals surface area (Å²) in [5.74, 6) is 0.424.